The zero-order valence-electron chi connectivity index (χ0n) is 17.1. The number of aryl methyl sites for hydroxylation is 1. The quantitative estimate of drug-likeness (QED) is 0.249. The lowest BCUT2D eigenvalue weighted by Crippen LogP contribution is -2.40. The second kappa shape index (κ2) is 11.4. The van der Waals surface area contributed by atoms with Gasteiger partial charge >= 0.3 is 0 Å². The van der Waals surface area contributed by atoms with Crippen LogP contribution in [0, 0.1) is 12.8 Å². The summed E-state index contributed by atoms with van der Waals surface area (Å²) in [5.41, 5.74) is 3.22. The minimum Gasteiger partial charge on any atom is -0.379 e. The summed E-state index contributed by atoms with van der Waals surface area (Å²) in [5.74, 6) is 1.71. The smallest absolute Gasteiger partial charge is 0.194 e. The molecule has 0 saturated heterocycles. The minimum absolute atomic E-state index is 0. The molecular weight excluding hydrogens is 465 g/mol. The van der Waals surface area contributed by atoms with Crippen LogP contribution in [0.15, 0.2) is 41.5 Å². The summed E-state index contributed by atoms with van der Waals surface area (Å²) in [5, 5.41) is 7.91. The second-order valence-electron chi connectivity index (χ2n) is 7.14. The molecule has 1 saturated carbocycles. The molecule has 0 bridgehead atoms. The van der Waals surface area contributed by atoms with Gasteiger partial charge in [-0.3, -0.25) is 0 Å². The number of guanidine groups is 1. The lowest BCUT2D eigenvalue weighted by atomic mass is 10.2. The highest BCUT2D eigenvalue weighted by atomic mass is 127. The molecule has 2 aromatic rings. The van der Waals surface area contributed by atoms with Gasteiger partial charge in [0.1, 0.15) is 0 Å². The summed E-state index contributed by atoms with van der Waals surface area (Å²) in [4.78, 5) is 6.97. The maximum absolute atomic E-state index is 5.76. The average molecular weight is 497 g/mol. The fourth-order valence-electron chi connectivity index (χ4n) is 2.89. The van der Waals surface area contributed by atoms with Gasteiger partial charge in [0.25, 0.3) is 0 Å². The fourth-order valence-corrected chi connectivity index (χ4v) is 2.89. The Balaban J connectivity index is 0.00000280. The first-order chi connectivity index (χ1) is 13.2. The molecule has 6 nitrogen and oxygen atoms in total. The molecule has 0 atom stereocenters. The van der Waals surface area contributed by atoms with E-state index < -0.39 is 0 Å². The monoisotopic (exact) mass is 497 g/mol. The summed E-state index contributed by atoms with van der Waals surface area (Å²) < 4.78 is 7.68. The number of nitrogens with one attached hydrogen (secondary N) is 1. The Morgan fingerprint density at radius 2 is 2.11 bits per heavy atom. The number of halogens is 1. The van der Waals surface area contributed by atoms with E-state index in [-0.39, 0.29) is 24.0 Å². The van der Waals surface area contributed by atoms with Crippen molar-refractivity contribution in [2.45, 2.75) is 33.2 Å². The summed E-state index contributed by atoms with van der Waals surface area (Å²) >= 11 is 0. The van der Waals surface area contributed by atoms with E-state index in [9.17, 15) is 0 Å². The molecule has 1 aromatic carbocycles. The van der Waals surface area contributed by atoms with Crippen LogP contribution in [0.25, 0.3) is 5.69 Å². The molecule has 154 valence electrons. The number of hydrogen-bond donors (Lipinski definition) is 1. The van der Waals surface area contributed by atoms with Crippen molar-refractivity contribution in [3.63, 3.8) is 0 Å². The molecule has 7 heteroatoms. The van der Waals surface area contributed by atoms with Crippen LogP contribution in [-0.4, -0.2) is 54.0 Å². The molecule has 1 aliphatic carbocycles. The molecule has 3 rings (SSSR count). The van der Waals surface area contributed by atoms with Crippen molar-refractivity contribution in [3.05, 3.63) is 47.8 Å². The highest BCUT2D eigenvalue weighted by molar-refractivity contribution is 14.0. The Labute approximate surface area is 185 Å². The number of hydrogen-bond acceptors (Lipinski definition) is 3. The van der Waals surface area contributed by atoms with Crippen LogP contribution in [0.5, 0.6) is 0 Å². The predicted octanol–water partition coefficient (Wildman–Crippen LogP) is 3.62. The van der Waals surface area contributed by atoms with E-state index >= 15 is 0 Å². The molecule has 0 amide bonds. The Bertz CT molecular complexity index is 757. The van der Waals surface area contributed by atoms with Crippen LogP contribution >= 0.6 is 24.0 Å². The van der Waals surface area contributed by atoms with E-state index in [1.165, 1.54) is 12.8 Å². The highest BCUT2D eigenvalue weighted by Gasteiger charge is 2.21. The van der Waals surface area contributed by atoms with Gasteiger partial charge in [0.2, 0.25) is 0 Å². The van der Waals surface area contributed by atoms with E-state index in [2.05, 4.69) is 41.4 Å². The maximum Gasteiger partial charge on any atom is 0.194 e. The van der Waals surface area contributed by atoms with Gasteiger partial charge in [-0.25, -0.2) is 9.67 Å². The van der Waals surface area contributed by atoms with E-state index in [0.717, 1.165) is 55.1 Å². The van der Waals surface area contributed by atoms with Crippen LogP contribution in [0.3, 0.4) is 0 Å². The van der Waals surface area contributed by atoms with Crippen molar-refractivity contribution >= 4 is 29.9 Å². The van der Waals surface area contributed by atoms with Crippen LogP contribution in [0.1, 0.15) is 31.0 Å². The average Bonchev–Trinajstić information content (AvgIpc) is 3.41. The SMILES string of the molecule is CCNC(=NCc1ccccc1-n1ccc(C)n1)N(C)CCOCC1CC1.I. The molecule has 0 spiro atoms. The van der Waals surface area contributed by atoms with Gasteiger partial charge in [0, 0.05) is 32.9 Å². The number of nitrogens with zero attached hydrogens (tertiary/aromatic N) is 4. The number of aromatic nitrogens is 2. The first kappa shape index (κ1) is 22.7. The first-order valence-electron chi connectivity index (χ1n) is 9.85. The molecule has 0 unspecified atom stereocenters. The first-order valence-corrected chi connectivity index (χ1v) is 9.85. The molecule has 0 radical (unpaired) electrons. The standard InChI is InChI=1S/C21H31N5O.HI/c1-4-22-21(25(3)13-14-27-16-18-9-10-18)23-15-19-7-5-6-8-20(19)26-12-11-17(2)24-26;/h5-8,11-12,18H,4,9-10,13-16H2,1-3H3,(H,22,23);1H. The van der Waals surface area contributed by atoms with Crippen LogP contribution in [0.4, 0.5) is 0 Å². The molecule has 1 aliphatic rings. The maximum atomic E-state index is 5.76. The predicted molar refractivity (Wildman–Crippen MR) is 125 cm³/mol. The number of likely N-dealkylation sites (N-methyl/N-ethyl adjacent to an activating group) is 1. The summed E-state index contributed by atoms with van der Waals surface area (Å²) in [6.07, 6.45) is 4.65. The molecule has 1 fully saturated rings. The Morgan fingerprint density at radius 3 is 2.79 bits per heavy atom. The third-order valence-electron chi connectivity index (χ3n) is 4.68. The number of aliphatic imine (C=N–C) groups is 1. The summed E-state index contributed by atoms with van der Waals surface area (Å²) in [6, 6.07) is 10.3. The lowest BCUT2D eigenvalue weighted by Gasteiger charge is -2.22. The third-order valence-corrected chi connectivity index (χ3v) is 4.68. The Kier molecular flexibility index (Phi) is 9.24. The normalized spacial score (nSPS) is 13.9. The van der Waals surface area contributed by atoms with Gasteiger partial charge in [-0.2, -0.15) is 5.10 Å². The molecular formula is C21H32IN5O. The van der Waals surface area contributed by atoms with Crippen LogP contribution in [0.2, 0.25) is 0 Å². The summed E-state index contributed by atoms with van der Waals surface area (Å²) in [6.45, 7) is 8.00. The van der Waals surface area contributed by atoms with Crippen molar-refractivity contribution in [2.24, 2.45) is 10.9 Å². The minimum atomic E-state index is 0. The summed E-state index contributed by atoms with van der Waals surface area (Å²) in [7, 11) is 2.06. The Morgan fingerprint density at radius 1 is 1.32 bits per heavy atom. The van der Waals surface area contributed by atoms with Gasteiger partial charge in [-0.15, -0.1) is 24.0 Å². The molecule has 1 heterocycles. The van der Waals surface area contributed by atoms with Crippen LogP contribution in [-0.2, 0) is 11.3 Å². The topological polar surface area (TPSA) is 54.7 Å². The zero-order chi connectivity index (χ0) is 19.1. The number of rotatable bonds is 9. The van der Waals surface area contributed by atoms with Gasteiger partial charge in [0.05, 0.1) is 24.5 Å². The van der Waals surface area contributed by atoms with Crippen LogP contribution < -0.4 is 5.32 Å². The molecule has 0 aliphatic heterocycles. The molecule has 1 aromatic heterocycles. The van der Waals surface area contributed by atoms with Gasteiger partial charge in [0.15, 0.2) is 5.96 Å². The van der Waals surface area contributed by atoms with E-state index in [1.54, 1.807) is 0 Å². The van der Waals surface area contributed by atoms with Crippen molar-refractivity contribution in [3.8, 4) is 5.69 Å². The highest BCUT2D eigenvalue weighted by Crippen LogP contribution is 2.28. The lowest BCUT2D eigenvalue weighted by molar-refractivity contribution is 0.115. The van der Waals surface area contributed by atoms with Crippen molar-refractivity contribution in [1.29, 1.82) is 0 Å². The van der Waals surface area contributed by atoms with E-state index in [4.69, 9.17) is 9.73 Å². The van der Waals surface area contributed by atoms with E-state index in [1.807, 2.05) is 36.0 Å². The zero-order valence-corrected chi connectivity index (χ0v) is 19.4. The van der Waals surface area contributed by atoms with Gasteiger partial charge in [-0.1, -0.05) is 18.2 Å². The largest absolute Gasteiger partial charge is 0.379 e. The molecule has 1 N–H and O–H groups in total. The third kappa shape index (κ3) is 6.77. The number of ether oxygens (including phenoxy) is 1. The fraction of sp³-hybridized carbons (Fsp3) is 0.524. The number of benzene rings is 1. The Hall–Kier alpha value is -1.61. The molecule has 28 heavy (non-hydrogen) atoms. The van der Waals surface area contributed by atoms with Crippen molar-refractivity contribution in [2.75, 3.05) is 33.4 Å². The number of para-hydroxylation sites is 1. The van der Waals surface area contributed by atoms with Crippen molar-refractivity contribution < 1.29 is 4.74 Å². The van der Waals surface area contributed by atoms with E-state index in [0.29, 0.717) is 6.54 Å². The van der Waals surface area contributed by atoms with Crippen molar-refractivity contribution in [1.82, 2.24) is 20.0 Å². The van der Waals surface area contributed by atoms with Gasteiger partial charge < -0.3 is 15.0 Å². The van der Waals surface area contributed by atoms with Gasteiger partial charge in [-0.05, 0) is 50.3 Å². The second-order valence-corrected chi connectivity index (χ2v) is 7.14.